The maximum absolute atomic E-state index is 15.2. The van der Waals surface area contributed by atoms with Crippen molar-refractivity contribution in [3.63, 3.8) is 0 Å². The van der Waals surface area contributed by atoms with E-state index >= 15 is 4.39 Å². The van der Waals surface area contributed by atoms with Crippen LogP contribution < -0.4 is 14.7 Å². The minimum Gasteiger partial charge on any atom is -0.390 e. The molecule has 0 unspecified atom stereocenters. The maximum Gasteiger partial charge on any atom is 0.226 e. The Kier molecular flexibility index (Phi) is 10.6. The zero-order valence-electron chi connectivity index (χ0n) is 24.1. The number of anilines is 4. The van der Waals surface area contributed by atoms with Crippen molar-refractivity contribution >= 4 is 58.1 Å². The normalized spacial score (nSPS) is 17.6. The molecule has 2 aliphatic rings. The van der Waals surface area contributed by atoms with Crippen molar-refractivity contribution in [3.8, 4) is 0 Å². The SMILES string of the molecule is CC1(O)CCN(c2nc(Cl)nc(Cl)c2F)CC1.CCN(c1ncc(F)cc1F)c1nc(Cl)nc(N2CCC(C)(O)CC2)c1F. The fourth-order valence-electron chi connectivity index (χ4n) is 4.79. The Hall–Kier alpha value is -2.78. The third-order valence-corrected chi connectivity index (χ3v) is 8.04. The monoisotopic (exact) mass is 680 g/mol. The summed E-state index contributed by atoms with van der Waals surface area (Å²) in [4.78, 5) is 23.5. The second-order valence-corrected chi connectivity index (χ2v) is 12.1. The van der Waals surface area contributed by atoms with Crippen LogP contribution in [-0.2, 0) is 0 Å². The molecule has 0 spiro atoms. The highest BCUT2D eigenvalue weighted by molar-refractivity contribution is 6.32. The molecule has 5 heterocycles. The fraction of sp³-hybridized carbons (Fsp3) is 0.519. The van der Waals surface area contributed by atoms with Crippen LogP contribution in [0.4, 0.5) is 40.8 Å². The molecule has 3 aromatic rings. The molecule has 2 fully saturated rings. The van der Waals surface area contributed by atoms with Gasteiger partial charge in [-0.25, -0.2) is 18.7 Å². The summed E-state index contributed by atoms with van der Waals surface area (Å²) >= 11 is 17.2. The van der Waals surface area contributed by atoms with Gasteiger partial charge in [0.05, 0.1) is 17.4 Å². The lowest BCUT2D eigenvalue weighted by atomic mass is 9.94. The Labute approximate surface area is 266 Å². The topological polar surface area (TPSA) is 115 Å². The van der Waals surface area contributed by atoms with E-state index in [-0.39, 0.29) is 45.5 Å². The number of rotatable bonds is 5. The first-order chi connectivity index (χ1) is 20.6. The summed E-state index contributed by atoms with van der Waals surface area (Å²) in [5, 5.41) is 19.3. The van der Waals surface area contributed by atoms with Gasteiger partial charge in [0.1, 0.15) is 5.82 Å². The van der Waals surface area contributed by atoms with Gasteiger partial charge in [0, 0.05) is 38.8 Å². The molecule has 0 bridgehead atoms. The molecule has 0 aliphatic carbocycles. The molecule has 0 aromatic carbocycles. The van der Waals surface area contributed by atoms with E-state index in [0.717, 1.165) is 6.20 Å². The standard InChI is InChI=1S/C17H19ClF3N5O.C10H12Cl2FN3O/c1-3-26(13-11(20)8-10(19)9-22-13)15-12(21)14(23-16(18)24-15)25-6-4-17(2,27)5-7-25;1-10(17)2-4-16(5-3-10)8-6(13)7(11)14-9(12)15-8/h8-9,27H,3-7H2,1-2H3;17H,2-5H2,1H3. The van der Waals surface area contributed by atoms with Crippen molar-refractivity contribution in [1.82, 2.24) is 24.9 Å². The summed E-state index contributed by atoms with van der Waals surface area (Å²) in [6, 6.07) is 0.666. The number of aliphatic hydroxyl groups is 2. The van der Waals surface area contributed by atoms with Crippen LogP contribution in [0.2, 0.25) is 15.7 Å². The maximum atomic E-state index is 15.2. The predicted octanol–water partition coefficient (Wildman–Crippen LogP) is 5.73. The minimum atomic E-state index is -0.943. The summed E-state index contributed by atoms with van der Waals surface area (Å²) in [5.74, 6) is -3.67. The Balaban J connectivity index is 0.000000223. The quantitative estimate of drug-likeness (QED) is 0.197. The molecule has 0 amide bonds. The van der Waals surface area contributed by atoms with Crippen molar-refractivity contribution in [2.45, 2.75) is 57.7 Å². The number of hydrogen-bond donors (Lipinski definition) is 2. The fourth-order valence-corrected chi connectivity index (χ4v) is 5.32. The molecule has 0 saturated carbocycles. The summed E-state index contributed by atoms with van der Waals surface area (Å²) in [6.45, 7) is 7.03. The van der Waals surface area contributed by atoms with Crippen molar-refractivity contribution in [2.24, 2.45) is 0 Å². The van der Waals surface area contributed by atoms with Gasteiger partial charge >= 0.3 is 0 Å². The molecule has 2 aliphatic heterocycles. The average Bonchev–Trinajstić information content (AvgIpc) is 2.94. The summed E-state index contributed by atoms with van der Waals surface area (Å²) in [5.41, 5.74) is -1.52. The van der Waals surface area contributed by atoms with E-state index in [4.69, 9.17) is 34.8 Å². The summed E-state index contributed by atoms with van der Waals surface area (Å²) in [7, 11) is 0. The van der Waals surface area contributed by atoms with Crippen LogP contribution in [0.1, 0.15) is 46.5 Å². The number of piperidine rings is 2. The Morgan fingerprint density at radius 1 is 0.773 bits per heavy atom. The lowest BCUT2D eigenvalue weighted by molar-refractivity contribution is 0.0344. The summed E-state index contributed by atoms with van der Waals surface area (Å²) in [6.07, 6.45) is 2.82. The van der Waals surface area contributed by atoms with Gasteiger partial charge in [0.25, 0.3) is 0 Å². The first-order valence-corrected chi connectivity index (χ1v) is 14.9. The molecule has 17 heteroatoms. The van der Waals surface area contributed by atoms with Crippen molar-refractivity contribution in [2.75, 3.05) is 47.4 Å². The number of nitrogens with zero attached hydrogens (tertiary/aromatic N) is 8. The molecule has 240 valence electrons. The smallest absolute Gasteiger partial charge is 0.226 e. The molecule has 0 atom stereocenters. The first-order valence-electron chi connectivity index (χ1n) is 13.8. The van der Waals surface area contributed by atoms with E-state index in [1.807, 2.05) is 0 Å². The number of halogens is 7. The lowest BCUT2D eigenvalue weighted by Crippen LogP contribution is -2.43. The Bertz CT molecular complexity index is 1480. The highest BCUT2D eigenvalue weighted by Gasteiger charge is 2.32. The Morgan fingerprint density at radius 2 is 1.25 bits per heavy atom. The molecule has 2 N–H and O–H groups in total. The number of aromatic nitrogens is 5. The van der Waals surface area contributed by atoms with E-state index in [1.165, 1.54) is 4.90 Å². The molecule has 2 saturated heterocycles. The highest BCUT2D eigenvalue weighted by Crippen LogP contribution is 2.34. The first kappa shape index (κ1) is 34.1. The van der Waals surface area contributed by atoms with Crippen LogP contribution in [0.5, 0.6) is 0 Å². The van der Waals surface area contributed by atoms with Gasteiger partial charge in [-0.3, -0.25) is 0 Å². The van der Waals surface area contributed by atoms with Crippen molar-refractivity contribution < 1.29 is 27.8 Å². The van der Waals surface area contributed by atoms with Gasteiger partial charge in [0.2, 0.25) is 22.2 Å². The van der Waals surface area contributed by atoms with Gasteiger partial charge in [0.15, 0.2) is 34.2 Å². The Morgan fingerprint density at radius 3 is 1.73 bits per heavy atom. The van der Waals surface area contributed by atoms with Crippen molar-refractivity contribution in [3.05, 3.63) is 51.3 Å². The molecular weight excluding hydrogens is 651 g/mol. The van der Waals surface area contributed by atoms with Crippen LogP contribution in [0, 0.1) is 23.3 Å². The highest BCUT2D eigenvalue weighted by atomic mass is 35.5. The van der Waals surface area contributed by atoms with E-state index in [0.29, 0.717) is 57.9 Å². The van der Waals surface area contributed by atoms with Gasteiger partial charge in [-0.2, -0.15) is 23.7 Å². The van der Waals surface area contributed by atoms with Crippen LogP contribution in [0.15, 0.2) is 12.3 Å². The van der Waals surface area contributed by atoms with Crippen LogP contribution >= 0.6 is 34.8 Å². The second kappa shape index (κ2) is 13.7. The number of hydrogen-bond acceptors (Lipinski definition) is 10. The zero-order valence-corrected chi connectivity index (χ0v) is 26.4. The predicted molar refractivity (Wildman–Crippen MR) is 160 cm³/mol. The minimum absolute atomic E-state index is 0.0264. The molecule has 3 aromatic heterocycles. The van der Waals surface area contributed by atoms with Crippen LogP contribution in [-0.4, -0.2) is 79.1 Å². The van der Waals surface area contributed by atoms with E-state index in [2.05, 4.69) is 24.9 Å². The van der Waals surface area contributed by atoms with Crippen LogP contribution in [0.3, 0.4) is 0 Å². The average molecular weight is 682 g/mol. The van der Waals surface area contributed by atoms with Gasteiger partial charge in [-0.05, 0) is 69.7 Å². The lowest BCUT2D eigenvalue weighted by Gasteiger charge is -2.36. The van der Waals surface area contributed by atoms with E-state index < -0.39 is 34.5 Å². The van der Waals surface area contributed by atoms with Crippen LogP contribution in [0.25, 0.3) is 0 Å². The molecule has 0 radical (unpaired) electrons. The van der Waals surface area contributed by atoms with E-state index in [9.17, 15) is 23.4 Å². The molecule has 5 rings (SSSR count). The second-order valence-electron chi connectivity index (χ2n) is 11.0. The molecular formula is C27H31Cl3F4N8O2. The third-order valence-electron chi connectivity index (χ3n) is 7.45. The third kappa shape index (κ3) is 8.08. The van der Waals surface area contributed by atoms with E-state index in [1.54, 1.807) is 30.6 Å². The van der Waals surface area contributed by atoms with Gasteiger partial charge < -0.3 is 24.9 Å². The summed E-state index contributed by atoms with van der Waals surface area (Å²) < 4.78 is 56.3. The number of pyridine rings is 1. The molecule has 10 nitrogen and oxygen atoms in total. The zero-order chi connectivity index (χ0) is 32.4. The van der Waals surface area contributed by atoms with Gasteiger partial charge in [-0.15, -0.1) is 0 Å². The molecule has 44 heavy (non-hydrogen) atoms. The van der Waals surface area contributed by atoms with Crippen molar-refractivity contribution in [1.29, 1.82) is 0 Å². The largest absolute Gasteiger partial charge is 0.390 e. The van der Waals surface area contributed by atoms with Gasteiger partial charge in [-0.1, -0.05) is 11.6 Å².